The van der Waals surface area contributed by atoms with Crippen molar-refractivity contribution >= 4 is 29.2 Å². The maximum absolute atomic E-state index is 12.6. The van der Waals surface area contributed by atoms with Gasteiger partial charge in [-0.3, -0.25) is 4.79 Å². The van der Waals surface area contributed by atoms with Gasteiger partial charge in [-0.2, -0.15) is 0 Å². The van der Waals surface area contributed by atoms with Crippen molar-refractivity contribution < 1.29 is 14.3 Å². The van der Waals surface area contributed by atoms with Gasteiger partial charge in [0, 0.05) is 25.7 Å². The van der Waals surface area contributed by atoms with E-state index in [0.717, 1.165) is 51.7 Å². The van der Waals surface area contributed by atoms with E-state index in [4.69, 9.17) is 22.1 Å². The minimum atomic E-state index is -0.198. The normalized spacial score (nSPS) is 14.8. The van der Waals surface area contributed by atoms with Crippen LogP contribution in [0.2, 0.25) is 5.02 Å². The number of nitrogens with one attached hydrogen (secondary N) is 3. The zero-order valence-corrected chi connectivity index (χ0v) is 19.4. The molecule has 0 unspecified atom stereocenters. The molecule has 0 spiro atoms. The largest absolute Gasteiger partial charge is 0.496 e. The third-order valence-electron chi connectivity index (χ3n) is 5.54. The van der Waals surface area contributed by atoms with Crippen molar-refractivity contribution in [1.82, 2.24) is 20.9 Å². The molecule has 174 valence electrons. The molecule has 1 aromatic rings. The van der Waals surface area contributed by atoms with Gasteiger partial charge in [-0.15, -0.1) is 0 Å². The first-order chi connectivity index (χ1) is 14.9. The van der Waals surface area contributed by atoms with Gasteiger partial charge in [0.05, 0.1) is 23.4 Å². The fourth-order valence-electron chi connectivity index (χ4n) is 3.63. The highest BCUT2D eigenvalue weighted by Gasteiger charge is 2.21. The smallest absolute Gasteiger partial charge is 0.314 e. The van der Waals surface area contributed by atoms with Crippen LogP contribution in [-0.4, -0.2) is 63.2 Å². The molecule has 2 rings (SSSR count). The van der Waals surface area contributed by atoms with Crippen LogP contribution in [-0.2, 0) is 0 Å². The fourth-order valence-corrected chi connectivity index (χ4v) is 3.79. The van der Waals surface area contributed by atoms with E-state index in [9.17, 15) is 9.59 Å². The first kappa shape index (κ1) is 25.1. The molecule has 1 fully saturated rings. The fraction of sp³-hybridized carbons (Fsp3) is 0.636. The Labute approximate surface area is 190 Å². The number of rotatable bonds is 11. The number of unbranched alkanes of at least 4 members (excludes halogenated alkanes) is 1. The predicted molar refractivity (Wildman–Crippen MR) is 125 cm³/mol. The molecular formula is C22H36ClN5O3. The van der Waals surface area contributed by atoms with Gasteiger partial charge < -0.3 is 31.3 Å². The Bertz CT molecular complexity index is 723. The van der Waals surface area contributed by atoms with Crippen molar-refractivity contribution in [3.63, 3.8) is 0 Å². The summed E-state index contributed by atoms with van der Waals surface area (Å²) in [7, 11) is 1.51. The highest BCUT2D eigenvalue weighted by molar-refractivity contribution is 6.33. The number of amides is 3. The summed E-state index contributed by atoms with van der Waals surface area (Å²) in [6, 6.07) is 3.04. The van der Waals surface area contributed by atoms with Gasteiger partial charge in [0.15, 0.2) is 0 Å². The first-order valence-electron chi connectivity index (χ1n) is 11.1. The third kappa shape index (κ3) is 8.45. The van der Waals surface area contributed by atoms with Gasteiger partial charge in [-0.05, 0) is 63.7 Å². The van der Waals surface area contributed by atoms with E-state index in [1.54, 1.807) is 12.1 Å². The zero-order valence-electron chi connectivity index (χ0n) is 18.6. The molecule has 0 saturated carbocycles. The highest BCUT2D eigenvalue weighted by atomic mass is 35.5. The molecule has 0 aliphatic carbocycles. The van der Waals surface area contributed by atoms with Crippen molar-refractivity contribution in [3.05, 3.63) is 22.7 Å². The lowest BCUT2D eigenvalue weighted by atomic mass is 9.96. The summed E-state index contributed by atoms with van der Waals surface area (Å²) in [5.41, 5.74) is 6.57. The van der Waals surface area contributed by atoms with Crippen LogP contribution in [0.1, 0.15) is 49.4 Å². The molecule has 5 N–H and O–H groups in total. The number of piperidine rings is 1. The minimum absolute atomic E-state index is 0.0800. The second kappa shape index (κ2) is 13.3. The van der Waals surface area contributed by atoms with Crippen molar-refractivity contribution in [1.29, 1.82) is 0 Å². The van der Waals surface area contributed by atoms with E-state index >= 15 is 0 Å². The standard InChI is InChI=1S/C22H36ClN5O3/c1-3-8-25-22(30)26-9-4-5-10-28-11-6-16(7-12-28)15-27-21(29)17-13-18(23)19(24)14-20(17)31-2/h13-14,16H,3-12,15,24H2,1-2H3,(H,27,29)(H2,25,26,30). The lowest BCUT2D eigenvalue weighted by molar-refractivity contribution is 0.0933. The average molecular weight is 454 g/mol. The number of nitrogens with zero attached hydrogens (tertiary/aromatic N) is 1. The number of benzene rings is 1. The molecule has 0 bridgehead atoms. The Kier molecular flexibility index (Phi) is 10.7. The minimum Gasteiger partial charge on any atom is -0.496 e. The first-order valence-corrected chi connectivity index (χ1v) is 11.5. The van der Waals surface area contributed by atoms with Crippen molar-refractivity contribution in [2.75, 3.05) is 52.1 Å². The van der Waals surface area contributed by atoms with Crippen LogP contribution < -0.4 is 26.4 Å². The summed E-state index contributed by atoms with van der Waals surface area (Å²) >= 11 is 6.06. The van der Waals surface area contributed by atoms with Crippen LogP contribution in [0.3, 0.4) is 0 Å². The Morgan fingerprint density at radius 2 is 1.87 bits per heavy atom. The van der Waals surface area contributed by atoms with E-state index in [0.29, 0.717) is 47.6 Å². The van der Waals surface area contributed by atoms with Crippen molar-refractivity contribution in [3.8, 4) is 5.75 Å². The Morgan fingerprint density at radius 3 is 2.55 bits per heavy atom. The lowest BCUT2D eigenvalue weighted by Crippen LogP contribution is -2.39. The van der Waals surface area contributed by atoms with Gasteiger partial charge in [0.25, 0.3) is 5.91 Å². The number of hydrogen-bond acceptors (Lipinski definition) is 5. The van der Waals surface area contributed by atoms with E-state index in [-0.39, 0.29) is 11.9 Å². The lowest BCUT2D eigenvalue weighted by Gasteiger charge is -2.32. The maximum Gasteiger partial charge on any atom is 0.314 e. The predicted octanol–water partition coefficient (Wildman–Crippen LogP) is 2.86. The van der Waals surface area contributed by atoms with Crippen LogP contribution in [0.25, 0.3) is 0 Å². The van der Waals surface area contributed by atoms with E-state index in [2.05, 4.69) is 20.9 Å². The number of likely N-dealkylation sites (tertiary alicyclic amines) is 1. The van der Waals surface area contributed by atoms with Crippen LogP contribution in [0.5, 0.6) is 5.75 Å². The van der Waals surface area contributed by atoms with E-state index < -0.39 is 0 Å². The molecule has 1 aromatic carbocycles. The molecule has 9 heteroatoms. The van der Waals surface area contributed by atoms with Crippen LogP contribution >= 0.6 is 11.6 Å². The number of urea groups is 1. The molecule has 1 aliphatic heterocycles. The number of carbonyl (C=O) groups is 2. The zero-order chi connectivity index (χ0) is 22.6. The van der Waals surface area contributed by atoms with Crippen LogP contribution in [0, 0.1) is 5.92 Å². The summed E-state index contributed by atoms with van der Waals surface area (Å²) < 4.78 is 5.26. The molecule has 3 amide bonds. The van der Waals surface area contributed by atoms with Crippen LogP contribution in [0.4, 0.5) is 10.5 Å². The number of hydrogen-bond donors (Lipinski definition) is 4. The Hall–Kier alpha value is -2.19. The third-order valence-corrected chi connectivity index (χ3v) is 5.87. The molecular weight excluding hydrogens is 418 g/mol. The summed E-state index contributed by atoms with van der Waals surface area (Å²) in [6.45, 7) is 7.18. The number of carbonyl (C=O) groups excluding carboxylic acids is 2. The second-order valence-corrected chi connectivity index (χ2v) is 8.37. The van der Waals surface area contributed by atoms with Crippen molar-refractivity contribution in [2.24, 2.45) is 5.92 Å². The maximum atomic E-state index is 12.6. The van der Waals surface area contributed by atoms with E-state index in [1.807, 2.05) is 6.92 Å². The van der Waals surface area contributed by atoms with E-state index in [1.165, 1.54) is 7.11 Å². The molecule has 1 aliphatic rings. The van der Waals surface area contributed by atoms with Gasteiger partial charge in [0.2, 0.25) is 0 Å². The summed E-state index contributed by atoms with van der Waals surface area (Å²) in [4.78, 5) is 26.5. The molecule has 1 saturated heterocycles. The SMILES string of the molecule is CCCNC(=O)NCCCCN1CCC(CNC(=O)c2cc(Cl)c(N)cc2OC)CC1. The van der Waals surface area contributed by atoms with Gasteiger partial charge in [-0.1, -0.05) is 18.5 Å². The van der Waals surface area contributed by atoms with Gasteiger partial charge >= 0.3 is 6.03 Å². The number of ether oxygens (including phenoxy) is 1. The molecule has 31 heavy (non-hydrogen) atoms. The molecule has 8 nitrogen and oxygen atoms in total. The molecule has 1 heterocycles. The van der Waals surface area contributed by atoms with Gasteiger partial charge in [0.1, 0.15) is 5.75 Å². The molecule has 0 aromatic heterocycles. The Balaban J connectivity index is 1.62. The number of methoxy groups -OCH3 is 1. The summed E-state index contributed by atoms with van der Waals surface area (Å²) in [5.74, 6) is 0.683. The average Bonchev–Trinajstić information content (AvgIpc) is 2.78. The molecule has 0 radical (unpaired) electrons. The number of anilines is 1. The number of nitrogens with two attached hydrogens (primary N) is 1. The van der Waals surface area contributed by atoms with Gasteiger partial charge in [-0.25, -0.2) is 4.79 Å². The molecule has 0 atom stereocenters. The highest BCUT2D eigenvalue weighted by Crippen LogP contribution is 2.29. The second-order valence-electron chi connectivity index (χ2n) is 7.96. The topological polar surface area (TPSA) is 109 Å². The number of halogens is 1. The van der Waals surface area contributed by atoms with Crippen molar-refractivity contribution in [2.45, 2.75) is 39.0 Å². The summed E-state index contributed by atoms with van der Waals surface area (Å²) in [6.07, 6.45) is 5.08. The Morgan fingerprint density at radius 1 is 1.16 bits per heavy atom. The quantitative estimate of drug-likeness (QED) is 0.304. The summed E-state index contributed by atoms with van der Waals surface area (Å²) in [5, 5.41) is 9.04. The monoisotopic (exact) mass is 453 g/mol. The number of nitrogen functional groups attached to an aromatic ring is 1. The van der Waals surface area contributed by atoms with Crippen LogP contribution in [0.15, 0.2) is 12.1 Å².